The summed E-state index contributed by atoms with van der Waals surface area (Å²) in [5.41, 5.74) is 18.7. The number of hydrogen-bond donors (Lipinski definition) is 0. The SMILES string of the molecule is CC1(C)c2ccccc2-c2c(N3c4ccccc4C4(c5ccccc5Oc5ccccc54)c4ccccc43)cc3c(c21)-c1ccccc1[Si]31c2ccccc2-c2ccccc21. The van der Waals surface area contributed by atoms with Crippen LogP contribution in [0.2, 0.25) is 0 Å². The Morgan fingerprint density at radius 2 is 0.803 bits per heavy atom. The topological polar surface area (TPSA) is 12.5 Å². The van der Waals surface area contributed by atoms with E-state index in [1.54, 1.807) is 0 Å². The van der Waals surface area contributed by atoms with Crippen molar-refractivity contribution in [3.63, 3.8) is 0 Å². The van der Waals surface area contributed by atoms with Gasteiger partial charge in [0, 0.05) is 22.1 Å². The smallest absolute Gasteiger partial charge is 0.182 e. The molecule has 0 radical (unpaired) electrons. The number of hydrogen-bond acceptors (Lipinski definition) is 2. The van der Waals surface area contributed by atoms with Gasteiger partial charge in [0.05, 0.1) is 22.5 Å². The van der Waals surface area contributed by atoms with E-state index in [0.717, 1.165) is 11.5 Å². The van der Waals surface area contributed by atoms with Crippen LogP contribution < -0.4 is 30.4 Å². The molecule has 9 aromatic rings. The van der Waals surface area contributed by atoms with Crippen LogP contribution in [0.15, 0.2) is 200 Å². The van der Waals surface area contributed by atoms with Gasteiger partial charge in [-0.15, -0.1) is 0 Å². The lowest BCUT2D eigenvalue weighted by molar-refractivity contribution is 0.434. The highest BCUT2D eigenvalue weighted by atomic mass is 28.3. The Morgan fingerprint density at radius 3 is 1.38 bits per heavy atom. The van der Waals surface area contributed by atoms with Crippen LogP contribution in [0.4, 0.5) is 17.1 Å². The molecule has 286 valence electrons. The summed E-state index contributed by atoms with van der Waals surface area (Å²) >= 11 is 0. The fourth-order valence-corrected chi connectivity index (χ4v) is 18.4. The molecule has 2 nitrogen and oxygen atoms in total. The average molecular weight is 794 g/mol. The third-order valence-corrected chi connectivity index (χ3v) is 19.8. The minimum atomic E-state index is -2.82. The van der Waals surface area contributed by atoms with E-state index >= 15 is 0 Å². The first kappa shape index (κ1) is 33.6. The highest BCUT2D eigenvalue weighted by Crippen LogP contribution is 2.65. The van der Waals surface area contributed by atoms with Crippen LogP contribution in [-0.4, -0.2) is 8.07 Å². The molecular formula is C58H39NOSi. The van der Waals surface area contributed by atoms with Crippen molar-refractivity contribution < 1.29 is 4.74 Å². The zero-order valence-corrected chi connectivity index (χ0v) is 34.9. The van der Waals surface area contributed by atoms with Gasteiger partial charge < -0.3 is 9.64 Å². The molecule has 3 heteroatoms. The second kappa shape index (κ2) is 11.5. The molecule has 0 saturated heterocycles. The van der Waals surface area contributed by atoms with Crippen LogP contribution >= 0.6 is 0 Å². The molecule has 9 aromatic carbocycles. The van der Waals surface area contributed by atoms with E-state index in [9.17, 15) is 0 Å². The second-order valence-electron chi connectivity index (χ2n) is 17.8. The zero-order chi connectivity index (χ0) is 40.2. The lowest BCUT2D eigenvalue weighted by Gasteiger charge is -2.49. The first-order chi connectivity index (χ1) is 30.1. The zero-order valence-electron chi connectivity index (χ0n) is 33.9. The summed E-state index contributed by atoms with van der Waals surface area (Å²) in [6.07, 6.45) is 0. The molecule has 1 aliphatic carbocycles. The van der Waals surface area contributed by atoms with E-state index in [1.807, 2.05) is 0 Å². The predicted octanol–water partition coefficient (Wildman–Crippen LogP) is 11.6. The molecular weight excluding hydrogens is 755 g/mol. The Bertz CT molecular complexity index is 3270. The minimum absolute atomic E-state index is 0.259. The van der Waals surface area contributed by atoms with E-state index < -0.39 is 13.5 Å². The van der Waals surface area contributed by atoms with Gasteiger partial charge in [-0.2, -0.15) is 0 Å². The number of ether oxygens (including phenoxy) is 1. The Balaban J connectivity index is 1.16. The third kappa shape index (κ3) is 3.82. The predicted molar refractivity (Wildman–Crippen MR) is 252 cm³/mol. The molecule has 0 atom stereocenters. The normalized spacial score (nSPS) is 16.2. The van der Waals surface area contributed by atoms with Crippen molar-refractivity contribution >= 4 is 45.9 Å². The molecule has 0 unspecified atom stereocenters. The first-order valence-electron chi connectivity index (χ1n) is 21.5. The van der Waals surface area contributed by atoms with E-state index in [1.165, 1.54) is 105 Å². The van der Waals surface area contributed by atoms with Gasteiger partial charge in [-0.05, 0) is 101 Å². The van der Waals surface area contributed by atoms with Crippen molar-refractivity contribution in [2.75, 3.05) is 4.90 Å². The van der Waals surface area contributed by atoms with Crippen LogP contribution in [0.5, 0.6) is 11.5 Å². The van der Waals surface area contributed by atoms with E-state index in [0.29, 0.717) is 0 Å². The van der Waals surface area contributed by atoms with Gasteiger partial charge in [-0.1, -0.05) is 184 Å². The molecule has 61 heavy (non-hydrogen) atoms. The molecule has 0 saturated carbocycles. The molecule has 0 bridgehead atoms. The molecule has 0 fully saturated rings. The third-order valence-electron chi connectivity index (χ3n) is 14.9. The van der Waals surface area contributed by atoms with Gasteiger partial charge in [0.25, 0.3) is 0 Å². The van der Waals surface area contributed by atoms with Crippen LogP contribution in [0, 0.1) is 0 Å². The summed E-state index contributed by atoms with van der Waals surface area (Å²) < 4.78 is 6.75. The molecule has 2 spiro atoms. The van der Waals surface area contributed by atoms with Crippen molar-refractivity contribution in [1.82, 2.24) is 0 Å². The van der Waals surface area contributed by atoms with Crippen molar-refractivity contribution in [2.45, 2.75) is 24.7 Å². The number of anilines is 3. The average Bonchev–Trinajstić information content (AvgIpc) is 3.87. The Labute approximate surface area is 357 Å². The van der Waals surface area contributed by atoms with Gasteiger partial charge in [0.1, 0.15) is 11.5 Å². The van der Waals surface area contributed by atoms with Crippen LogP contribution in [0.25, 0.3) is 33.4 Å². The van der Waals surface area contributed by atoms with E-state index in [4.69, 9.17) is 4.74 Å². The number of rotatable bonds is 1. The lowest BCUT2D eigenvalue weighted by atomic mass is 9.61. The molecule has 5 aliphatic rings. The van der Waals surface area contributed by atoms with E-state index in [-0.39, 0.29) is 5.41 Å². The fraction of sp³-hybridized carbons (Fsp3) is 0.0690. The van der Waals surface area contributed by atoms with E-state index in [2.05, 4.69) is 219 Å². The molecule has 0 N–H and O–H groups in total. The van der Waals surface area contributed by atoms with Crippen molar-refractivity contribution in [1.29, 1.82) is 0 Å². The monoisotopic (exact) mass is 793 g/mol. The molecule has 0 amide bonds. The standard InChI is InChI=1S/C58H39NOSi/c1-57(2)40-23-7-3-21-38(40)54-47(35-53-55(56(54)57)39-22-6-18-34-52(39)61(53)50-32-16-4-19-36(50)37-20-5-17-33-51(37)61)59-45-28-12-8-24-41(45)58(42-25-9-13-29-46(42)59)43-26-10-14-30-48(43)60-49-31-15-11-27-44(49)58/h3-35H,1-2H3. The number of nitrogens with zero attached hydrogens (tertiary/aromatic N) is 1. The summed E-state index contributed by atoms with van der Waals surface area (Å²) in [4.78, 5) is 2.64. The maximum Gasteiger partial charge on any atom is 0.182 e. The van der Waals surface area contributed by atoms with Gasteiger partial charge in [-0.25, -0.2) is 0 Å². The van der Waals surface area contributed by atoms with Crippen LogP contribution in [0.1, 0.15) is 47.2 Å². The van der Waals surface area contributed by atoms with Gasteiger partial charge >= 0.3 is 0 Å². The summed E-state index contributed by atoms with van der Waals surface area (Å²) in [6.45, 7) is 4.94. The Kier molecular flexibility index (Phi) is 6.36. The fourth-order valence-electron chi connectivity index (χ4n) is 12.8. The summed E-state index contributed by atoms with van der Waals surface area (Å²) in [7, 11) is -2.82. The largest absolute Gasteiger partial charge is 0.457 e. The number of fused-ring (bicyclic) bond motifs is 22. The maximum absolute atomic E-state index is 6.75. The van der Waals surface area contributed by atoms with Crippen molar-refractivity contribution in [2.24, 2.45) is 0 Å². The highest BCUT2D eigenvalue weighted by molar-refractivity contribution is 7.24. The number of para-hydroxylation sites is 4. The number of benzene rings is 9. The summed E-state index contributed by atoms with van der Waals surface area (Å²) in [6, 6.07) is 75.7. The summed E-state index contributed by atoms with van der Waals surface area (Å²) in [5.74, 6) is 1.80. The Hall–Kier alpha value is -7.20. The quantitative estimate of drug-likeness (QED) is 0.154. The first-order valence-corrected chi connectivity index (χ1v) is 23.5. The second-order valence-corrected chi connectivity index (χ2v) is 21.5. The maximum atomic E-state index is 6.75. The van der Waals surface area contributed by atoms with Crippen LogP contribution in [-0.2, 0) is 10.8 Å². The van der Waals surface area contributed by atoms with Gasteiger partial charge in [-0.3, -0.25) is 0 Å². The van der Waals surface area contributed by atoms with Gasteiger partial charge in [0.2, 0.25) is 0 Å². The Morgan fingerprint density at radius 1 is 0.377 bits per heavy atom. The van der Waals surface area contributed by atoms with Gasteiger partial charge in [0.15, 0.2) is 8.07 Å². The summed E-state index contributed by atoms with van der Waals surface area (Å²) in [5, 5.41) is 5.99. The minimum Gasteiger partial charge on any atom is -0.457 e. The molecule has 0 aromatic heterocycles. The van der Waals surface area contributed by atoms with Crippen molar-refractivity contribution in [3.8, 4) is 44.9 Å². The van der Waals surface area contributed by atoms with Crippen LogP contribution in [0.3, 0.4) is 0 Å². The molecule has 14 rings (SSSR count). The molecule has 4 aliphatic heterocycles. The highest BCUT2D eigenvalue weighted by Gasteiger charge is 2.58. The van der Waals surface area contributed by atoms with Crippen molar-refractivity contribution in [3.05, 3.63) is 234 Å². The lowest BCUT2D eigenvalue weighted by Crippen LogP contribution is -2.70. The molecule has 4 heterocycles.